The van der Waals surface area contributed by atoms with E-state index in [1.54, 1.807) is 7.11 Å². The fourth-order valence-corrected chi connectivity index (χ4v) is 3.52. The zero-order valence-corrected chi connectivity index (χ0v) is 15.0. The summed E-state index contributed by atoms with van der Waals surface area (Å²) in [4.78, 5) is 14.8. The van der Waals surface area contributed by atoms with E-state index in [0.29, 0.717) is 38.3 Å². The van der Waals surface area contributed by atoms with Gasteiger partial charge in [-0.25, -0.2) is 0 Å². The van der Waals surface area contributed by atoms with E-state index in [-0.39, 0.29) is 18.7 Å². The van der Waals surface area contributed by atoms with E-state index in [2.05, 4.69) is 21.7 Å². The monoisotopic (exact) mass is 358 g/mol. The van der Waals surface area contributed by atoms with E-state index in [4.69, 9.17) is 14.2 Å². The van der Waals surface area contributed by atoms with Crippen LogP contribution in [0.4, 0.5) is 0 Å². The maximum Gasteiger partial charge on any atom is 0.231 e. The van der Waals surface area contributed by atoms with Crippen LogP contribution in [0, 0.1) is 0 Å². The summed E-state index contributed by atoms with van der Waals surface area (Å²) >= 11 is 0. The van der Waals surface area contributed by atoms with Gasteiger partial charge in [0.05, 0.1) is 6.42 Å². The second-order valence-electron chi connectivity index (χ2n) is 6.62. The number of aromatic nitrogens is 3. The Balaban J connectivity index is 1.46. The van der Waals surface area contributed by atoms with Gasteiger partial charge >= 0.3 is 0 Å². The van der Waals surface area contributed by atoms with E-state index in [0.717, 1.165) is 23.0 Å². The minimum atomic E-state index is 0.0670. The van der Waals surface area contributed by atoms with Crippen molar-refractivity contribution in [3.05, 3.63) is 35.4 Å². The first-order chi connectivity index (χ1) is 12.7. The van der Waals surface area contributed by atoms with Crippen LogP contribution >= 0.6 is 0 Å². The Morgan fingerprint density at radius 1 is 1.27 bits per heavy atom. The van der Waals surface area contributed by atoms with Crippen molar-refractivity contribution in [1.29, 1.82) is 0 Å². The smallest absolute Gasteiger partial charge is 0.231 e. The molecule has 2 aliphatic heterocycles. The number of carbonyl (C=O) groups excluding carboxylic acids is 1. The van der Waals surface area contributed by atoms with E-state index in [1.807, 2.05) is 23.1 Å². The summed E-state index contributed by atoms with van der Waals surface area (Å²) < 4.78 is 18.0. The minimum Gasteiger partial charge on any atom is -0.454 e. The Labute approximate surface area is 151 Å². The molecular weight excluding hydrogens is 336 g/mol. The van der Waals surface area contributed by atoms with Gasteiger partial charge in [0, 0.05) is 32.7 Å². The molecule has 8 heteroatoms. The van der Waals surface area contributed by atoms with Gasteiger partial charge in [0.1, 0.15) is 12.4 Å². The summed E-state index contributed by atoms with van der Waals surface area (Å²) in [6.07, 6.45) is 1.02. The van der Waals surface area contributed by atoms with Gasteiger partial charge in [0.15, 0.2) is 17.3 Å². The van der Waals surface area contributed by atoms with Crippen molar-refractivity contribution in [3.63, 3.8) is 0 Å². The van der Waals surface area contributed by atoms with Gasteiger partial charge in [0.2, 0.25) is 12.7 Å². The molecule has 2 aromatic rings. The third-order valence-electron chi connectivity index (χ3n) is 4.86. The van der Waals surface area contributed by atoms with Gasteiger partial charge in [-0.3, -0.25) is 4.79 Å². The molecule has 26 heavy (non-hydrogen) atoms. The van der Waals surface area contributed by atoms with Gasteiger partial charge in [-0.15, -0.1) is 10.2 Å². The lowest BCUT2D eigenvalue weighted by Crippen LogP contribution is -2.41. The maximum atomic E-state index is 12.9. The summed E-state index contributed by atoms with van der Waals surface area (Å²) in [5.41, 5.74) is 0.926. The van der Waals surface area contributed by atoms with Crippen molar-refractivity contribution in [1.82, 2.24) is 19.7 Å². The normalized spacial score (nSPS) is 18.5. The van der Waals surface area contributed by atoms with Gasteiger partial charge < -0.3 is 23.7 Å². The Morgan fingerprint density at radius 2 is 2.12 bits per heavy atom. The Kier molecular flexibility index (Phi) is 4.50. The molecule has 0 saturated carbocycles. The van der Waals surface area contributed by atoms with Crippen molar-refractivity contribution in [2.45, 2.75) is 39.0 Å². The highest BCUT2D eigenvalue weighted by Gasteiger charge is 2.27. The molecule has 0 radical (unpaired) electrons. The van der Waals surface area contributed by atoms with Crippen molar-refractivity contribution in [3.8, 4) is 11.5 Å². The molecule has 1 aromatic carbocycles. The SMILES string of the molecule is COCc1nnc2n1CCN(C(=O)Cc1ccc3c(c1)OCO3)[C@H](C)C2. The molecule has 0 spiro atoms. The van der Waals surface area contributed by atoms with Gasteiger partial charge in [-0.2, -0.15) is 0 Å². The van der Waals surface area contributed by atoms with E-state index in [9.17, 15) is 4.79 Å². The average Bonchev–Trinajstić information content (AvgIpc) is 3.19. The lowest BCUT2D eigenvalue weighted by Gasteiger charge is -2.26. The number of carbonyl (C=O) groups is 1. The third kappa shape index (κ3) is 3.12. The fourth-order valence-electron chi connectivity index (χ4n) is 3.52. The predicted molar refractivity (Wildman–Crippen MR) is 91.9 cm³/mol. The van der Waals surface area contributed by atoms with E-state index < -0.39 is 0 Å². The molecule has 8 nitrogen and oxygen atoms in total. The molecule has 1 amide bonds. The van der Waals surface area contributed by atoms with E-state index in [1.165, 1.54) is 0 Å². The number of fused-ring (bicyclic) bond motifs is 2. The van der Waals surface area contributed by atoms with Crippen LogP contribution in [0.5, 0.6) is 11.5 Å². The van der Waals surface area contributed by atoms with Crippen LogP contribution < -0.4 is 9.47 Å². The van der Waals surface area contributed by atoms with Crippen LogP contribution in [0.2, 0.25) is 0 Å². The molecule has 1 atom stereocenters. The molecule has 0 bridgehead atoms. The number of benzene rings is 1. The standard InChI is InChI=1S/C18H22N4O4/c1-12-7-16-19-20-17(10-24-2)22(16)6-5-21(12)18(23)9-13-3-4-14-15(8-13)26-11-25-14/h3-4,8,12H,5-7,9-11H2,1-2H3/t12-/m1/s1. The topological polar surface area (TPSA) is 78.7 Å². The van der Waals surface area contributed by atoms with Gasteiger partial charge in [-0.05, 0) is 24.6 Å². The predicted octanol–water partition coefficient (Wildman–Crippen LogP) is 1.17. The number of nitrogens with zero attached hydrogens (tertiary/aromatic N) is 4. The van der Waals surface area contributed by atoms with Crippen LogP contribution in [0.3, 0.4) is 0 Å². The summed E-state index contributed by atoms with van der Waals surface area (Å²) in [5.74, 6) is 3.24. The first kappa shape index (κ1) is 16.8. The molecule has 0 unspecified atom stereocenters. The number of methoxy groups -OCH3 is 1. The quantitative estimate of drug-likeness (QED) is 0.816. The van der Waals surface area contributed by atoms with E-state index >= 15 is 0 Å². The zero-order chi connectivity index (χ0) is 18.1. The van der Waals surface area contributed by atoms with Crippen molar-refractivity contribution < 1.29 is 19.0 Å². The minimum absolute atomic E-state index is 0.0670. The Morgan fingerprint density at radius 3 is 2.96 bits per heavy atom. The average molecular weight is 358 g/mol. The highest BCUT2D eigenvalue weighted by atomic mass is 16.7. The van der Waals surface area contributed by atoms with Crippen LogP contribution in [0.15, 0.2) is 18.2 Å². The fraction of sp³-hybridized carbons (Fsp3) is 0.500. The largest absolute Gasteiger partial charge is 0.454 e. The Bertz CT molecular complexity index is 820. The summed E-state index contributed by atoms with van der Waals surface area (Å²) in [6, 6.07) is 5.72. The summed E-state index contributed by atoms with van der Waals surface area (Å²) in [5, 5.41) is 8.46. The second-order valence-corrected chi connectivity index (χ2v) is 6.62. The lowest BCUT2D eigenvalue weighted by atomic mass is 10.1. The maximum absolute atomic E-state index is 12.9. The third-order valence-corrected chi connectivity index (χ3v) is 4.86. The van der Waals surface area contributed by atoms with Crippen molar-refractivity contribution in [2.75, 3.05) is 20.4 Å². The second kappa shape index (κ2) is 6.95. The number of rotatable bonds is 4. The van der Waals surface area contributed by atoms with Crippen LogP contribution in [-0.4, -0.2) is 52.1 Å². The molecule has 0 aliphatic carbocycles. The first-order valence-electron chi connectivity index (χ1n) is 8.73. The molecule has 0 fully saturated rings. The number of amides is 1. The molecular formula is C18H22N4O4. The summed E-state index contributed by atoms with van der Waals surface area (Å²) in [7, 11) is 1.64. The van der Waals surface area contributed by atoms with Crippen LogP contribution in [-0.2, 0) is 35.5 Å². The molecule has 4 rings (SSSR count). The molecule has 1 aromatic heterocycles. The zero-order valence-electron chi connectivity index (χ0n) is 15.0. The highest BCUT2D eigenvalue weighted by Crippen LogP contribution is 2.32. The van der Waals surface area contributed by atoms with Gasteiger partial charge in [-0.1, -0.05) is 6.07 Å². The molecule has 0 saturated heterocycles. The highest BCUT2D eigenvalue weighted by molar-refractivity contribution is 5.79. The van der Waals surface area contributed by atoms with Crippen LogP contribution in [0.25, 0.3) is 0 Å². The summed E-state index contributed by atoms with van der Waals surface area (Å²) in [6.45, 7) is 4.02. The number of ether oxygens (including phenoxy) is 3. The van der Waals surface area contributed by atoms with Crippen molar-refractivity contribution in [2.24, 2.45) is 0 Å². The number of hydrogen-bond donors (Lipinski definition) is 0. The Hall–Kier alpha value is -2.61. The number of hydrogen-bond acceptors (Lipinski definition) is 6. The van der Waals surface area contributed by atoms with Crippen LogP contribution in [0.1, 0.15) is 24.1 Å². The van der Waals surface area contributed by atoms with Gasteiger partial charge in [0.25, 0.3) is 0 Å². The first-order valence-corrected chi connectivity index (χ1v) is 8.73. The molecule has 2 aliphatic rings. The molecule has 0 N–H and O–H groups in total. The molecule has 138 valence electrons. The molecule has 3 heterocycles. The van der Waals surface area contributed by atoms with Crippen molar-refractivity contribution >= 4 is 5.91 Å². The lowest BCUT2D eigenvalue weighted by molar-refractivity contribution is -0.132.